The Bertz CT molecular complexity index is 902. The number of alkyl halides is 3. The molecule has 1 amide bonds. The molecule has 1 saturated heterocycles. The summed E-state index contributed by atoms with van der Waals surface area (Å²) >= 11 is 8.69. The number of carbonyl (C=O) groups is 1. The van der Waals surface area contributed by atoms with Gasteiger partial charge in [0, 0.05) is 38.9 Å². The molecule has 0 radical (unpaired) electrons. The molecule has 7 nitrogen and oxygen atoms in total. The van der Waals surface area contributed by atoms with Crippen LogP contribution in [0.1, 0.15) is 5.56 Å². The van der Waals surface area contributed by atoms with E-state index in [0.29, 0.717) is 48.0 Å². The second-order valence-corrected chi connectivity index (χ2v) is 8.83. The number of hydrogen-bond donors (Lipinski definition) is 1. The summed E-state index contributed by atoms with van der Waals surface area (Å²) in [4.78, 5) is 19.8. The summed E-state index contributed by atoms with van der Waals surface area (Å²) in [5.41, 5.74) is -0.887. The zero-order valence-corrected chi connectivity index (χ0v) is 18.0. The zero-order valence-electron chi connectivity index (χ0n) is 15.7. The van der Waals surface area contributed by atoms with Gasteiger partial charge in [0.25, 0.3) is 0 Å². The largest absolute Gasteiger partial charge is 0.417 e. The minimum absolute atomic E-state index is 0.0399. The number of amides is 1. The van der Waals surface area contributed by atoms with Gasteiger partial charge in [0.1, 0.15) is 5.82 Å². The van der Waals surface area contributed by atoms with Crippen molar-refractivity contribution < 1.29 is 18.0 Å². The maximum atomic E-state index is 12.8. The minimum Gasteiger partial charge on any atom is -0.357 e. The average Bonchev–Trinajstić information content (AvgIpc) is 3.17. The van der Waals surface area contributed by atoms with Crippen LogP contribution in [0.3, 0.4) is 0 Å². The fourth-order valence-electron chi connectivity index (χ4n) is 2.70. The molecular formula is C17H18ClF3N6OS2. The lowest BCUT2D eigenvalue weighted by molar-refractivity contribution is -0.137. The van der Waals surface area contributed by atoms with E-state index >= 15 is 0 Å². The first-order valence-corrected chi connectivity index (χ1v) is 11.0. The van der Waals surface area contributed by atoms with Crippen LogP contribution < -0.4 is 10.2 Å². The first-order valence-electron chi connectivity index (χ1n) is 8.84. The number of halogens is 4. The highest BCUT2D eigenvalue weighted by molar-refractivity contribution is 8.01. The highest BCUT2D eigenvalue weighted by atomic mass is 35.5. The molecule has 1 N–H and O–H groups in total. The number of carbonyl (C=O) groups excluding carboxylic acids is 1. The fraction of sp³-hybridized carbons (Fsp3) is 0.412. The van der Waals surface area contributed by atoms with Crippen molar-refractivity contribution in [1.82, 2.24) is 20.1 Å². The molecule has 30 heavy (non-hydrogen) atoms. The number of anilines is 2. The van der Waals surface area contributed by atoms with Crippen LogP contribution in [0.5, 0.6) is 0 Å². The molecule has 13 heteroatoms. The Morgan fingerprint density at radius 2 is 2.07 bits per heavy atom. The monoisotopic (exact) mass is 478 g/mol. The van der Waals surface area contributed by atoms with Crippen molar-refractivity contribution in [2.24, 2.45) is 0 Å². The number of nitrogens with zero attached hydrogens (tertiary/aromatic N) is 5. The van der Waals surface area contributed by atoms with Crippen molar-refractivity contribution in [3.05, 3.63) is 35.5 Å². The van der Waals surface area contributed by atoms with Crippen molar-refractivity contribution in [2.75, 3.05) is 48.7 Å². The molecule has 1 fully saturated rings. The van der Waals surface area contributed by atoms with Crippen LogP contribution in [0.4, 0.5) is 24.1 Å². The molecule has 0 unspecified atom stereocenters. The second-order valence-electron chi connectivity index (χ2n) is 6.23. The summed E-state index contributed by atoms with van der Waals surface area (Å²) in [6, 6.07) is 0.873. The van der Waals surface area contributed by atoms with Gasteiger partial charge in [-0.05, 0) is 6.07 Å². The molecule has 3 heterocycles. The van der Waals surface area contributed by atoms with E-state index in [1.54, 1.807) is 15.9 Å². The molecule has 2 aromatic heterocycles. The summed E-state index contributed by atoms with van der Waals surface area (Å²) in [5.74, 6) is 0.483. The molecule has 1 aliphatic heterocycles. The molecule has 0 saturated carbocycles. The lowest BCUT2D eigenvalue weighted by Crippen LogP contribution is -2.49. The Morgan fingerprint density at radius 1 is 1.33 bits per heavy atom. The lowest BCUT2D eigenvalue weighted by Gasteiger charge is -2.35. The van der Waals surface area contributed by atoms with Gasteiger partial charge in [-0.25, -0.2) is 4.98 Å². The van der Waals surface area contributed by atoms with Crippen molar-refractivity contribution in [2.45, 2.75) is 10.5 Å². The lowest BCUT2D eigenvalue weighted by atomic mass is 10.2. The van der Waals surface area contributed by atoms with E-state index in [4.69, 9.17) is 11.6 Å². The summed E-state index contributed by atoms with van der Waals surface area (Å²) < 4.78 is 39.0. The molecule has 0 aliphatic carbocycles. The summed E-state index contributed by atoms with van der Waals surface area (Å²) in [5, 5.41) is 11.7. The molecule has 162 valence electrons. The summed E-state index contributed by atoms with van der Waals surface area (Å²) in [7, 11) is 0. The van der Waals surface area contributed by atoms with Crippen LogP contribution in [-0.2, 0) is 11.0 Å². The summed E-state index contributed by atoms with van der Waals surface area (Å²) in [6.45, 7) is 5.93. The van der Waals surface area contributed by atoms with E-state index < -0.39 is 11.7 Å². The van der Waals surface area contributed by atoms with Gasteiger partial charge in [-0.2, -0.15) is 13.2 Å². The molecule has 0 aromatic carbocycles. The molecule has 0 spiro atoms. The van der Waals surface area contributed by atoms with E-state index in [9.17, 15) is 18.0 Å². The van der Waals surface area contributed by atoms with Crippen LogP contribution in [0.15, 0.2) is 29.3 Å². The van der Waals surface area contributed by atoms with Crippen LogP contribution >= 0.6 is 34.7 Å². The van der Waals surface area contributed by atoms with E-state index in [2.05, 4.69) is 27.1 Å². The Morgan fingerprint density at radius 3 is 2.70 bits per heavy atom. The Hall–Kier alpha value is -2.05. The second kappa shape index (κ2) is 9.84. The van der Waals surface area contributed by atoms with Crippen molar-refractivity contribution in [3.8, 4) is 0 Å². The molecule has 2 aromatic rings. The highest BCUT2D eigenvalue weighted by Crippen LogP contribution is 2.33. The highest BCUT2D eigenvalue weighted by Gasteiger charge is 2.32. The predicted octanol–water partition coefficient (Wildman–Crippen LogP) is 3.64. The molecule has 3 rings (SSSR count). The van der Waals surface area contributed by atoms with Crippen LogP contribution in [0.2, 0.25) is 5.02 Å². The predicted molar refractivity (Wildman–Crippen MR) is 112 cm³/mol. The summed E-state index contributed by atoms with van der Waals surface area (Å²) in [6.07, 6.45) is -2.01. The number of piperazine rings is 1. The van der Waals surface area contributed by atoms with Crippen LogP contribution in [0, 0.1) is 0 Å². The standard InChI is InChI=1S/C17H18ClF3N6OS2/c1-2-3-22-15-24-25-16(30-15)29-10-13(28)26-4-6-27(7-5-26)14-12(18)8-11(9-23-14)17(19,20)21/h2,8-9H,1,3-7,10H2,(H,22,24). The van der Waals surface area contributed by atoms with E-state index in [1.807, 2.05) is 0 Å². The SMILES string of the molecule is C=CCNc1nnc(SCC(=O)N2CCN(c3ncc(C(F)(F)F)cc3Cl)CC2)s1. The van der Waals surface area contributed by atoms with Crippen molar-refractivity contribution in [3.63, 3.8) is 0 Å². The van der Waals surface area contributed by atoms with Gasteiger partial charge in [0.05, 0.1) is 16.3 Å². The third-order valence-electron chi connectivity index (χ3n) is 4.20. The molecular weight excluding hydrogens is 461 g/mol. The van der Waals surface area contributed by atoms with E-state index in [1.165, 1.54) is 23.1 Å². The molecule has 0 atom stereocenters. The Labute approximate surface area is 184 Å². The third kappa shape index (κ3) is 5.76. The maximum Gasteiger partial charge on any atom is 0.417 e. The minimum atomic E-state index is -4.49. The quantitative estimate of drug-likeness (QED) is 0.481. The van der Waals surface area contributed by atoms with E-state index in [0.717, 1.165) is 12.3 Å². The van der Waals surface area contributed by atoms with Gasteiger partial charge in [0.2, 0.25) is 11.0 Å². The number of hydrogen-bond acceptors (Lipinski definition) is 8. The maximum absolute atomic E-state index is 12.8. The fourth-order valence-corrected chi connectivity index (χ4v) is 4.65. The first-order chi connectivity index (χ1) is 14.3. The average molecular weight is 479 g/mol. The smallest absolute Gasteiger partial charge is 0.357 e. The van der Waals surface area contributed by atoms with Crippen LogP contribution in [-0.4, -0.2) is 64.5 Å². The molecule has 0 bridgehead atoms. The van der Waals surface area contributed by atoms with Gasteiger partial charge >= 0.3 is 6.18 Å². The zero-order chi connectivity index (χ0) is 21.7. The van der Waals surface area contributed by atoms with Crippen molar-refractivity contribution >= 4 is 51.6 Å². The normalized spacial score (nSPS) is 14.7. The van der Waals surface area contributed by atoms with E-state index in [-0.39, 0.29) is 16.7 Å². The number of nitrogens with one attached hydrogen (secondary N) is 1. The van der Waals surface area contributed by atoms with Crippen molar-refractivity contribution in [1.29, 1.82) is 0 Å². The number of thioether (sulfide) groups is 1. The third-order valence-corrected chi connectivity index (χ3v) is 6.48. The van der Waals surface area contributed by atoms with Gasteiger partial charge in [0.15, 0.2) is 4.34 Å². The number of pyridine rings is 1. The van der Waals surface area contributed by atoms with Gasteiger partial charge in [-0.15, -0.1) is 16.8 Å². The van der Waals surface area contributed by atoms with Crippen LogP contribution in [0.25, 0.3) is 0 Å². The van der Waals surface area contributed by atoms with Gasteiger partial charge in [-0.3, -0.25) is 4.79 Å². The molecule has 1 aliphatic rings. The topological polar surface area (TPSA) is 74.2 Å². The van der Waals surface area contributed by atoms with Gasteiger partial charge < -0.3 is 15.1 Å². The Balaban J connectivity index is 1.49. The Kier molecular flexibility index (Phi) is 7.42. The number of rotatable bonds is 7. The van der Waals surface area contributed by atoms with Gasteiger partial charge in [-0.1, -0.05) is 40.8 Å². The first kappa shape index (κ1) is 22.6. The number of aromatic nitrogens is 3.